The molecule has 0 aromatic heterocycles. The highest BCUT2D eigenvalue weighted by Gasteiger charge is 2.30. The third kappa shape index (κ3) is 4.42. The van der Waals surface area contributed by atoms with Crippen LogP contribution in [0.2, 0.25) is 0 Å². The highest BCUT2D eigenvalue weighted by molar-refractivity contribution is 9.09. The first kappa shape index (κ1) is 21.7. The fourth-order valence-corrected chi connectivity index (χ4v) is 4.54. The molecule has 1 aliphatic heterocycles. The summed E-state index contributed by atoms with van der Waals surface area (Å²) in [4.78, 5) is 24.7. The molecule has 1 fully saturated rings. The molecule has 162 valence electrons. The molecule has 31 heavy (non-hydrogen) atoms. The largest absolute Gasteiger partial charge is 0.383 e. The summed E-state index contributed by atoms with van der Waals surface area (Å²) >= 11 is 3.39. The van der Waals surface area contributed by atoms with Gasteiger partial charge in [0.2, 0.25) is 0 Å². The maximum atomic E-state index is 14.6. The molecule has 0 spiro atoms. The second kappa shape index (κ2) is 8.91. The summed E-state index contributed by atoms with van der Waals surface area (Å²) in [6, 6.07) is 7.78. The monoisotopic (exact) mass is 488 g/mol. The normalized spacial score (nSPS) is 16.4. The van der Waals surface area contributed by atoms with Gasteiger partial charge in [0.05, 0.1) is 5.57 Å². The summed E-state index contributed by atoms with van der Waals surface area (Å²) in [5.41, 5.74) is 4.00. The lowest BCUT2D eigenvalue weighted by atomic mass is 9.85. The molecule has 4 rings (SSSR count). The second-order valence-electron chi connectivity index (χ2n) is 8.11. The Balaban J connectivity index is 1.67. The van der Waals surface area contributed by atoms with Crippen molar-refractivity contribution >= 4 is 33.7 Å². The smallest absolute Gasteiger partial charge is 0.253 e. The Hall–Kier alpha value is -2.54. The second-order valence-corrected chi connectivity index (χ2v) is 8.67. The average molecular weight is 489 g/mol. The lowest BCUT2D eigenvalue weighted by Gasteiger charge is -2.27. The predicted molar refractivity (Wildman–Crippen MR) is 119 cm³/mol. The Bertz CT molecular complexity index is 1080. The first-order valence-electron chi connectivity index (χ1n) is 10.3. The fraction of sp³-hybridized carbons (Fsp3) is 0.333. The zero-order valence-electron chi connectivity index (χ0n) is 17.1. The number of carbonyl (C=O) groups excluding carboxylic acids is 2. The molecule has 0 radical (unpaired) electrons. The number of alkyl halides is 1. The molecular weight excluding hydrogens is 466 g/mol. The van der Waals surface area contributed by atoms with Gasteiger partial charge in [-0.25, -0.2) is 8.78 Å². The van der Waals surface area contributed by atoms with Gasteiger partial charge in [-0.1, -0.05) is 35.0 Å². The van der Waals surface area contributed by atoms with Crippen molar-refractivity contribution in [3.8, 4) is 0 Å². The van der Waals surface area contributed by atoms with Crippen molar-refractivity contribution in [1.29, 1.82) is 0 Å². The Labute approximate surface area is 188 Å². The Morgan fingerprint density at radius 3 is 2.74 bits per heavy atom. The maximum Gasteiger partial charge on any atom is 0.253 e. The summed E-state index contributed by atoms with van der Waals surface area (Å²) in [6.07, 6.45) is 2.90. The Morgan fingerprint density at radius 1 is 1.29 bits per heavy atom. The molecule has 2 aromatic carbocycles. The maximum absolute atomic E-state index is 14.6. The van der Waals surface area contributed by atoms with E-state index in [1.807, 2.05) is 6.07 Å². The van der Waals surface area contributed by atoms with Gasteiger partial charge in [-0.2, -0.15) is 0 Å². The minimum absolute atomic E-state index is 0.151. The quantitative estimate of drug-likeness (QED) is 0.439. The molecular formula is C24H23BrF2N2O2. The molecule has 0 saturated heterocycles. The van der Waals surface area contributed by atoms with Gasteiger partial charge < -0.3 is 15.4 Å². The van der Waals surface area contributed by atoms with E-state index < -0.39 is 17.6 Å². The van der Waals surface area contributed by atoms with E-state index in [-0.39, 0.29) is 18.9 Å². The number of aldehydes is 1. The number of rotatable bonds is 7. The fourth-order valence-electron chi connectivity index (χ4n) is 4.06. The molecule has 7 heteroatoms. The Kier molecular flexibility index (Phi) is 6.23. The number of hydrogen-bond acceptors (Lipinski definition) is 3. The van der Waals surface area contributed by atoms with E-state index in [4.69, 9.17) is 0 Å². The van der Waals surface area contributed by atoms with Crippen molar-refractivity contribution < 1.29 is 18.4 Å². The van der Waals surface area contributed by atoms with Crippen LogP contribution >= 0.6 is 15.9 Å². The van der Waals surface area contributed by atoms with Crippen LogP contribution in [0.5, 0.6) is 0 Å². The molecule has 1 saturated carbocycles. The van der Waals surface area contributed by atoms with Crippen molar-refractivity contribution in [1.82, 2.24) is 10.6 Å². The molecule has 4 nitrogen and oxygen atoms in total. The van der Waals surface area contributed by atoms with Crippen molar-refractivity contribution in [2.24, 2.45) is 0 Å². The van der Waals surface area contributed by atoms with Crippen LogP contribution in [0, 0.1) is 11.6 Å². The van der Waals surface area contributed by atoms with Gasteiger partial charge in [-0.3, -0.25) is 4.79 Å². The van der Waals surface area contributed by atoms with Crippen LogP contribution in [0.3, 0.4) is 0 Å². The van der Waals surface area contributed by atoms with Gasteiger partial charge in [0.15, 0.2) is 0 Å². The van der Waals surface area contributed by atoms with Gasteiger partial charge in [-0.05, 0) is 53.6 Å². The molecule has 0 bridgehead atoms. The van der Waals surface area contributed by atoms with Gasteiger partial charge in [-0.15, -0.1) is 0 Å². The van der Waals surface area contributed by atoms with Gasteiger partial charge >= 0.3 is 0 Å². The number of fused-ring (bicyclic) bond motifs is 1. The van der Waals surface area contributed by atoms with Crippen molar-refractivity contribution in [3.05, 3.63) is 75.5 Å². The van der Waals surface area contributed by atoms with Gasteiger partial charge in [0.1, 0.15) is 17.9 Å². The third-order valence-corrected chi connectivity index (χ3v) is 6.42. The average Bonchev–Trinajstić information content (AvgIpc) is 3.61. The van der Waals surface area contributed by atoms with Crippen LogP contribution in [-0.4, -0.2) is 17.5 Å². The lowest BCUT2D eigenvalue weighted by molar-refractivity contribution is -0.116. The summed E-state index contributed by atoms with van der Waals surface area (Å²) < 4.78 is 28.6. The van der Waals surface area contributed by atoms with E-state index in [1.165, 1.54) is 12.1 Å². The van der Waals surface area contributed by atoms with E-state index in [0.717, 1.165) is 24.7 Å². The van der Waals surface area contributed by atoms with Crippen molar-refractivity contribution in [2.75, 3.05) is 5.33 Å². The van der Waals surface area contributed by atoms with E-state index in [1.54, 1.807) is 19.1 Å². The highest BCUT2D eigenvalue weighted by Crippen LogP contribution is 2.40. The molecule has 1 amide bonds. The van der Waals surface area contributed by atoms with E-state index >= 15 is 0 Å². The molecule has 1 atom stereocenters. The first-order chi connectivity index (χ1) is 14.9. The third-order valence-electron chi connectivity index (χ3n) is 5.86. The van der Waals surface area contributed by atoms with E-state index in [9.17, 15) is 18.4 Å². The van der Waals surface area contributed by atoms with E-state index in [2.05, 4.69) is 26.6 Å². The highest BCUT2D eigenvalue weighted by atomic mass is 79.9. The zero-order chi connectivity index (χ0) is 22.1. The number of nitrogens with one attached hydrogen (secondary N) is 2. The van der Waals surface area contributed by atoms with Crippen molar-refractivity contribution in [3.63, 3.8) is 0 Å². The number of halogens is 3. The zero-order valence-corrected chi connectivity index (χ0v) is 18.7. The summed E-state index contributed by atoms with van der Waals surface area (Å²) in [6.45, 7) is 2.10. The SMILES string of the molecule is CC(C=O)c1ccc(F)c2c1C(C(=O)NCc1cc(F)cc(C3CC3)c1)=C(CBr)NC2. The molecule has 2 N–H and O–H groups in total. The van der Waals surface area contributed by atoms with Gasteiger partial charge in [0, 0.05) is 41.2 Å². The van der Waals surface area contributed by atoms with Crippen LogP contribution in [0.4, 0.5) is 8.78 Å². The van der Waals surface area contributed by atoms with Crippen LogP contribution < -0.4 is 10.6 Å². The van der Waals surface area contributed by atoms with Gasteiger partial charge in [0.25, 0.3) is 5.91 Å². The predicted octanol–water partition coefficient (Wildman–Crippen LogP) is 4.67. The Morgan fingerprint density at radius 2 is 2.06 bits per heavy atom. The van der Waals surface area contributed by atoms with Crippen LogP contribution in [0.25, 0.3) is 5.57 Å². The lowest BCUT2D eigenvalue weighted by Crippen LogP contribution is -2.32. The number of carbonyl (C=O) groups is 2. The van der Waals surface area contributed by atoms with E-state index in [0.29, 0.717) is 44.8 Å². The van der Waals surface area contributed by atoms with Crippen LogP contribution in [0.1, 0.15) is 59.4 Å². The molecule has 1 aliphatic carbocycles. The molecule has 2 aliphatic rings. The number of amides is 1. The standard InChI is InChI=1S/C24H23BrF2N2O2/c1-13(12-30)18-4-5-20(27)19-11-28-21(9-25)23(22(18)19)24(31)29-10-14-6-16(15-2-3-15)8-17(26)7-14/h4-8,12-13,15,28H,2-3,9-11H2,1H3,(H,29,31). The summed E-state index contributed by atoms with van der Waals surface area (Å²) in [5.74, 6) is -1.23. The minimum atomic E-state index is -0.490. The van der Waals surface area contributed by atoms with Crippen LogP contribution in [-0.2, 0) is 22.7 Å². The molecule has 1 unspecified atom stereocenters. The summed E-state index contributed by atoms with van der Waals surface area (Å²) in [5, 5.41) is 6.33. The van der Waals surface area contributed by atoms with Crippen molar-refractivity contribution in [2.45, 2.75) is 44.7 Å². The minimum Gasteiger partial charge on any atom is -0.383 e. The molecule has 1 heterocycles. The number of hydrogen-bond donors (Lipinski definition) is 2. The summed E-state index contributed by atoms with van der Waals surface area (Å²) in [7, 11) is 0. The topological polar surface area (TPSA) is 58.2 Å². The van der Waals surface area contributed by atoms with Crippen LogP contribution in [0.15, 0.2) is 36.0 Å². The number of benzene rings is 2. The first-order valence-corrected chi connectivity index (χ1v) is 11.4. The number of allylic oxidation sites excluding steroid dienone is 1. The molecule has 2 aromatic rings.